The van der Waals surface area contributed by atoms with Crippen molar-refractivity contribution < 1.29 is 9.53 Å². The average Bonchev–Trinajstić information content (AvgIpc) is 3.45. The van der Waals surface area contributed by atoms with Gasteiger partial charge in [0.15, 0.2) is 0 Å². The third kappa shape index (κ3) is 4.79. The van der Waals surface area contributed by atoms with E-state index in [1.165, 1.54) is 18.4 Å². The number of pyridine rings is 1. The Labute approximate surface area is 148 Å². The molecule has 0 bridgehead atoms. The van der Waals surface area contributed by atoms with Gasteiger partial charge in [-0.15, -0.1) is 0 Å². The molecule has 1 aliphatic carbocycles. The fraction of sp³-hybridized carbons (Fsp3) is 0.400. The maximum absolute atomic E-state index is 12.4. The molecule has 1 heterocycles. The molecule has 2 N–H and O–H groups in total. The molecular weight excluding hydrogens is 314 g/mol. The highest BCUT2D eigenvalue weighted by atomic mass is 16.5. The number of carbonyl (C=O) groups is 1. The summed E-state index contributed by atoms with van der Waals surface area (Å²) >= 11 is 0. The van der Waals surface area contributed by atoms with Crippen molar-refractivity contribution in [2.75, 3.05) is 32.1 Å². The Balaban J connectivity index is 1.82. The number of hydrogen-bond acceptors (Lipinski definition) is 4. The Bertz CT molecular complexity index is 724. The maximum atomic E-state index is 12.4. The van der Waals surface area contributed by atoms with Gasteiger partial charge in [0.2, 0.25) is 0 Å². The molecule has 0 radical (unpaired) electrons. The van der Waals surface area contributed by atoms with Crippen molar-refractivity contribution in [3.8, 4) is 11.3 Å². The van der Waals surface area contributed by atoms with Crippen molar-refractivity contribution in [1.82, 2.24) is 10.3 Å². The molecule has 0 saturated heterocycles. The van der Waals surface area contributed by atoms with Gasteiger partial charge in [-0.2, -0.15) is 0 Å². The van der Waals surface area contributed by atoms with Crippen LogP contribution in [-0.2, 0) is 4.74 Å². The Hall–Kier alpha value is -2.40. The molecule has 2 aromatic rings. The van der Waals surface area contributed by atoms with Gasteiger partial charge in [0.25, 0.3) is 5.91 Å². The van der Waals surface area contributed by atoms with Gasteiger partial charge < -0.3 is 15.4 Å². The van der Waals surface area contributed by atoms with Crippen LogP contribution in [0, 0.1) is 12.8 Å². The predicted molar refractivity (Wildman–Crippen MR) is 99.8 cm³/mol. The Kier molecular flexibility index (Phi) is 5.66. The summed E-state index contributed by atoms with van der Waals surface area (Å²) in [6.07, 6.45) is 2.50. The van der Waals surface area contributed by atoms with Gasteiger partial charge in [0, 0.05) is 25.8 Å². The summed E-state index contributed by atoms with van der Waals surface area (Å²) in [4.78, 5) is 17.2. The van der Waals surface area contributed by atoms with Crippen LogP contribution in [0.25, 0.3) is 11.3 Å². The van der Waals surface area contributed by atoms with Gasteiger partial charge in [0.05, 0.1) is 17.9 Å². The normalized spacial score (nSPS) is 13.5. The molecule has 1 fully saturated rings. The molecule has 5 nitrogen and oxygen atoms in total. The summed E-state index contributed by atoms with van der Waals surface area (Å²) in [5, 5.41) is 6.23. The summed E-state index contributed by atoms with van der Waals surface area (Å²) in [6.45, 7) is 3.90. The molecule has 1 saturated carbocycles. The molecule has 0 spiro atoms. The number of benzene rings is 1. The molecule has 0 aliphatic heterocycles. The zero-order chi connectivity index (χ0) is 17.6. The number of rotatable bonds is 8. The second-order valence-corrected chi connectivity index (χ2v) is 6.53. The topological polar surface area (TPSA) is 63.2 Å². The number of aromatic nitrogens is 1. The number of nitrogens with zero attached hydrogens (tertiary/aromatic N) is 1. The molecule has 3 rings (SSSR count). The number of hydrogen-bond donors (Lipinski definition) is 2. The lowest BCUT2D eigenvalue weighted by Crippen LogP contribution is -2.28. The fourth-order valence-corrected chi connectivity index (χ4v) is 2.59. The second-order valence-electron chi connectivity index (χ2n) is 6.53. The van der Waals surface area contributed by atoms with Crippen LogP contribution in [0.15, 0.2) is 36.4 Å². The number of ether oxygens (including phenoxy) is 1. The van der Waals surface area contributed by atoms with E-state index in [9.17, 15) is 4.79 Å². The zero-order valence-corrected chi connectivity index (χ0v) is 14.8. The van der Waals surface area contributed by atoms with E-state index in [-0.39, 0.29) is 5.91 Å². The summed E-state index contributed by atoms with van der Waals surface area (Å²) in [5.41, 5.74) is 3.70. The van der Waals surface area contributed by atoms with Crippen LogP contribution in [-0.4, -0.2) is 37.7 Å². The van der Waals surface area contributed by atoms with E-state index in [0.29, 0.717) is 30.5 Å². The Morgan fingerprint density at radius 1 is 1.20 bits per heavy atom. The first-order chi connectivity index (χ1) is 12.2. The first-order valence-corrected chi connectivity index (χ1v) is 8.76. The van der Waals surface area contributed by atoms with Gasteiger partial charge in [0.1, 0.15) is 5.82 Å². The lowest BCUT2D eigenvalue weighted by atomic mass is 10.1. The molecule has 132 valence electrons. The van der Waals surface area contributed by atoms with E-state index in [2.05, 4.69) is 41.8 Å². The molecular formula is C20H25N3O2. The summed E-state index contributed by atoms with van der Waals surface area (Å²) in [7, 11) is 1.62. The average molecular weight is 339 g/mol. The Morgan fingerprint density at radius 3 is 2.64 bits per heavy atom. The van der Waals surface area contributed by atoms with E-state index in [1.54, 1.807) is 7.11 Å². The van der Waals surface area contributed by atoms with E-state index in [0.717, 1.165) is 17.8 Å². The number of nitrogens with one attached hydrogen (secondary N) is 2. The SMILES string of the molecule is COCCNC(=O)c1ccc(-c2ccc(C)cc2)nc1NCC1CC1. The third-order valence-electron chi connectivity index (χ3n) is 4.33. The number of anilines is 1. The van der Waals surface area contributed by atoms with Crippen molar-refractivity contribution in [2.24, 2.45) is 5.92 Å². The van der Waals surface area contributed by atoms with Crippen molar-refractivity contribution >= 4 is 11.7 Å². The van der Waals surface area contributed by atoms with Crippen LogP contribution in [0.3, 0.4) is 0 Å². The maximum Gasteiger partial charge on any atom is 0.255 e. The lowest BCUT2D eigenvalue weighted by molar-refractivity contribution is 0.0937. The molecule has 0 atom stereocenters. The predicted octanol–water partition coefficient (Wildman–Crippen LogP) is 3.26. The fourth-order valence-electron chi connectivity index (χ4n) is 2.59. The molecule has 0 unspecified atom stereocenters. The molecule has 1 aliphatic rings. The molecule has 1 aromatic heterocycles. The smallest absolute Gasteiger partial charge is 0.255 e. The van der Waals surface area contributed by atoms with Crippen molar-refractivity contribution in [3.05, 3.63) is 47.5 Å². The quantitative estimate of drug-likeness (QED) is 0.725. The van der Waals surface area contributed by atoms with Gasteiger partial charge in [-0.25, -0.2) is 4.98 Å². The van der Waals surface area contributed by atoms with Gasteiger partial charge in [-0.3, -0.25) is 4.79 Å². The first-order valence-electron chi connectivity index (χ1n) is 8.76. The van der Waals surface area contributed by atoms with Crippen LogP contribution in [0.5, 0.6) is 0 Å². The van der Waals surface area contributed by atoms with Crippen molar-refractivity contribution in [3.63, 3.8) is 0 Å². The van der Waals surface area contributed by atoms with E-state index in [1.807, 2.05) is 12.1 Å². The zero-order valence-electron chi connectivity index (χ0n) is 14.8. The summed E-state index contributed by atoms with van der Waals surface area (Å²) < 4.78 is 4.99. The minimum Gasteiger partial charge on any atom is -0.383 e. The minimum absolute atomic E-state index is 0.127. The lowest BCUT2D eigenvalue weighted by Gasteiger charge is -2.13. The van der Waals surface area contributed by atoms with Gasteiger partial charge in [-0.1, -0.05) is 29.8 Å². The molecule has 1 amide bonds. The largest absolute Gasteiger partial charge is 0.383 e. The van der Waals surface area contributed by atoms with E-state index < -0.39 is 0 Å². The summed E-state index contributed by atoms with van der Waals surface area (Å²) in [6, 6.07) is 12.0. The van der Waals surface area contributed by atoms with E-state index in [4.69, 9.17) is 9.72 Å². The number of aryl methyl sites for hydroxylation is 1. The van der Waals surface area contributed by atoms with E-state index >= 15 is 0 Å². The number of amides is 1. The van der Waals surface area contributed by atoms with Crippen LogP contribution in [0.2, 0.25) is 0 Å². The first kappa shape index (κ1) is 17.4. The van der Waals surface area contributed by atoms with Crippen LogP contribution < -0.4 is 10.6 Å². The monoisotopic (exact) mass is 339 g/mol. The van der Waals surface area contributed by atoms with Gasteiger partial charge in [-0.05, 0) is 37.8 Å². The van der Waals surface area contributed by atoms with Gasteiger partial charge >= 0.3 is 0 Å². The molecule has 5 heteroatoms. The highest BCUT2D eigenvalue weighted by Gasteiger charge is 2.22. The van der Waals surface area contributed by atoms with Crippen molar-refractivity contribution in [1.29, 1.82) is 0 Å². The Morgan fingerprint density at radius 2 is 1.96 bits per heavy atom. The highest BCUT2D eigenvalue weighted by Crippen LogP contribution is 2.30. The van der Waals surface area contributed by atoms with Crippen LogP contribution in [0.1, 0.15) is 28.8 Å². The summed E-state index contributed by atoms with van der Waals surface area (Å²) in [5.74, 6) is 1.23. The standard InChI is InChI=1S/C20H25N3O2/c1-14-3-7-16(8-4-14)18-10-9-17(20(24)21-11-12-25-2)19(23-18)22-13-15-5-6-15/h3-4,7-10,15H,5-6,11-13H2,1-2H3,(H,21,24)(H,22,23). The van der Waals surface area contributed by atoms with Crippen LogP contribution >= 0.6 is 0 Å². The number of methoxy groups -OCH3 is 1. The molecule has 1 aromatic carbocycles. The van der Waals surface area contributed by atoms with Crippen molar-refractivity contribution in [2.45, 2.75) is 19.8 Å². The third-order valence-corrected chi connectivity index (χ3v) is 4.33. The van der Waals surface area contributed by atoms with Crippen LogP contribution in [0.4, 0.5) is 5.82 Å². The molecule has 25 heavy (non-hydrogen) atoms. The second kappa shape index (κ2) is 8.12. The number of carbonyl (C=O) groups excluding carboxylic acids is 1. The minimum atomic E-state index is -0.127. The highest BCUT2D eigenvalue weighted by molar-refractivity contribution is 5.99.